The molecule has 35 heavy (non-hydrogen) atoms. The van der Waals surface area contributed by atoms with Crippen LogP contribution in [0.25, 0.3) is 21.7 Å². The van der Waals surface area contributed by atoms with E-state index in [0.717, 1.165) is 23.9 Å². The van der Waals surface area contributed by atoms with Crippen LogP contribution >= 0.6 is 0 Å². The van der Waals surface area contributed by atoms with Crippen molar-refractivity contribution in [3.05, 3.63) is 97.9 Å². The number of benzene rings is 3. The molecule has 1 aliphatic rings. The highest BCUT2D eigenvalue weighted by molar-refractivity contribution is 6.06. The summed E-state index contributed by atoms with van der Waals surface area (Å²) in [6.45, 7) is 6.69. The normalized spacial score (nSPS) is 15.3. The maximum Gasteiger partial charge on any atom is 0.290 e. The third-order valence-corrected chi connectivity index (χ3v) is 6.81. The van der Waals surface area contributed by atoms with E-state index < -0.39 is 11.0 Å². The molecular formula is C27H25N3O5. The molecule has 8 heteroatoms. The van der Waals surface area contributed by atoms with Crippen LogP contribution in [-0.4, -0.2) is 46.8 Å². The molecule has 0 N–H and O–H groups in total. The number of carbonyl (C=O) groups excluding carboxylic acids is 1. The van der Waals surface area contributed by atoms with Gasteiger partial charge in [-0.2, -0.15) is 0 Å². The number of rotatable bonds is 7. The van der Waals surface area contributed by atoms with Crippen LogP contribution in [0, 0.1) is 10.1 Å². The number of nitrogens with zero attached hydrogens (tertiary/aromatic N) is 3. The zero-order chi connectivity index (χ0) is 24.7. The van der Waals surface area contributed by atoms with Crippen LogP contribution in [0.5, 0.6) is 0 Å². The van der Waals surface area contributed by atoms with E-state index in [1.807, 2.05) is 44.2 Å². The van der Waals surface area contributed by atoms with E-state index in [0.29, 0.717) is 29.6 Å². The van der Waals surface area contributed by atoms with Crippen molar-refractivity contribution in [3.8, 4) is 0 Å². The van der Waals surface area contributed by atoms with Crippen LogP contribution < -0.4 is 5.43 Å². The Labute approximate surface area is 201 Å². The van der Waals surface area contributed by atoms with E-state index in [-0.39, 0.29) is 28.3 Å². The molecule has 0 saturated carbocycles. The van der Waals surface area contributed by atoms with E-state index >= 15 is 0 Å². The van der Waals surface area contributed by atoms with Gasteiger partial charge in [0.1, 0.15) is 5.58 Å². The van der Waals surface area contributed by atoms with Gasteiger partial charge in [0.2, 0.25) is 5.76 Å². The summed E-state index contributed by atoms with van der Waals surface area (Å²) in [4.78, 5) is 42.3. The second-order valence-corrected chi connectivity index (χ2v) is 8.62. The lowest BCUT2D eigenvalue weighted by Gasteiger charge is -2.28. The molecule has 3 aromatic carbocycles. The Bertz CT molecular complexity index is 1520. The largest absolute Gasteiger partial charge is 0.450 e. The van der Waals surface area contributed by atoms with Gasteiger partial charge in [-0.15, -0.1) is 0 Å². The summed E-state index contributed by atoms with van der Waals surface area (Å²) in [5.74, 6) is -0.370. The third-order valence-electron chi connectivity index (χ3n) is 6.81. The van der Waals surface area contributed by atoms with Crippen molar-refractivity contribution in [2.45, 2.75) is 19.9 Å². The minimum atomic E-state index is -0.764. The predicted octanol–water partition coefficient (Wildman–Crippen LogP) is 4.74. The Morgan fingerprint density at radius 2 is 1.77 bits per heavy atom. The molecule has 8 nitrogen and oxygen atoms in total. The van der Waals surface area contributed by atoms with Crippen molar-refractivity contribution in [1.29, 1.82) is 0 Å². The molecule has 1 aliphatic heterocycles. The molecule has 178 valence electrons. The van der Waals surface area contributed by atoms with Gasteiger partial charge in [-0.3, -0.25) is 19.7 Å². The fourth-order valence-electron chi connectivity index (χ4n) is 4.92. The predicted molar refractivity (Wildman–Crippen MR) is 134 cm³/mol. The van der Waals surface area contributed by atoms with Crippen LogP contribution in [0.4, 0.5) is 5.69 Å². The highest BCUT2D eigenvalue weighted by atomic mass is 16.6. The summed E-state index contributed by atoms with van der Waals surface area (Å²) in [5.41, 5.74) is 0.741. The minimum absolute atomic E-state index is 0.00917. The van der Waals surface area contributed by atoms with Crippen molar-refractivity contribution in [2.24, 2.45) is 0 Å². The lowest BCUT2D eigenvalue weighted by atomic mass is 9.97. The van der Waals surface area contributed by atoms with Gasteiger partial charge in [-0.1, -0.05) is 56.3 Å². The number of fused-ring (bicyclic) bond motifs is 4. The van der Waals surface area contributed by atoms with Gasteiger partial charge >= 0.3 is 0 Å². The third kappa shape index (κ3) is 3.76. The first kappa shape index (κ1) is 22.7. The second kappa shape index (κ2) is 8.96. The van der Waals surface area contributed by atoms with Crippen molar-refractivity contribution in [2.75, 3.05) is 26.2 Å². The zero-order valence-corrected chi connectivity index (χ0v) is 19.6. The smallest absolute Gasteiger partial charge is 0.290 e. The maximum absolute atomic E-state index is 13.8. The van der Waals surface area contributed by atoms with E-state index in [2.05, 4.69) is 4.90 Å². The number of nitro groups is 1. The zero-order valence-electron chi connectivity index (χ0n) is 19.6. The van der Waals surface area contributed by atoms with Crippen LogP contribution in [0.2, 0.25) is 0 Å². The van der Waals surface area contributed by atoms with Gasteiger partial charge in [0.05, 0.1) is 21.9 Å². The summed E-state index contributed by atoms with van der Waals surface area (Å²) < 4.78 is 6.19. The van der Waals surface area contributed by atoms with Crippen LogP contribution in [-0.2, 0) is 0 Å². The summed E-state index contributed by atoms with van der Waals surface area (Å²) >= 11 is 0. The minimum Gasteiger partial charge on any atom is -0.450 e. The quantitative estimate of drug-likeness (QED) is 0.219. The second-order valence-electron chi connectivity index (χ2n) is 8.62. The van der Waals surface area contributed by atoms with E-state index in [1.165, 1.54) is 12.1 Å². The molecule has 5 rings (SSSR count). The number of hydrogen-bond acceptors (Lipinski definition) is 6. The van der Waals surface area contributed by atoms with Crippen LogP contribution in [0.15, 0.2) is 69.9 Å². The molecule has 0 radical (unpaired) electrons. The summed E-state index contributed by atoms with van der Waals surface area (Å²) in [5, 5.41) is 13.5. The molecule has 1 unspecified atom stereocenters. The average Bonchev–Trinajstić information content (AvgIpc) is 3.16. The van der Waals surface area contributed by atoms with Crippen molar-refractivity contribution in [3.63, 3.8) is 0 Å². The molecule has 1 aromatic heterocycles. The summed E-state index contributed by atoms with van der Waals surface area (Å²) in [7, 11) is 0. The molecular weight excluding hydrogens is 446 g/mol. The molecule has 0 saturated heterocycles. The van der Waals surface area contributed by atoms with Gasteiger partial charge in [0.15, 0.2) is 5.43 Å². The number of hydrogen-bond donors (Lipinski definition) is 0. The molecule has 0 fully saturated rings. The van der Waals surface area contributed by atoms with E-state index in [1.54, 1.807) is 23.1 Å². The summed E-state index contributed by atoms with van der Waals surface area (Å²) in [6.07, 6.45) is 0. The monoisotopic (exact) mass is 471 g/mol. The van der Waals surface area contributed by atoms with Crippen LogP contribution in [0.3, 0.4) is 0 Å². The van der Waals surface area contributed by atoms with Gasteiger partial charge in [0.25, 0.3) is 11.6 Å². The lowest BCUT2D eigenvalue weighted by Crippen LogP contribution is -2.37. The standard InChI is InChI=1S/C27H25N3O5/c1-3-28(4-2)14-15-29-23(18-9-7-10-19(16-18)30(33)34)22-24(31)21-13-12-17-8-5-6-11-20(17)25(21)35-26(22)27(29)32/h5-13,16,23H,3-4,14-15H2,1-2H3. The number of carbonyl (C=O) groups is 1. The molecule has 0 aliphatic carbocycles. The van der Waals surface area contributed by atoms with Crippen molar-refractivity contribution in [1.82, 2.24) is 9.80 Å². The molecule has 0 spiro atoms. The van der Waals surface area contributed by atoms with E-state index in [9.17, 15) is 19.7 Å². The number of nitro benzene ring substituents is 1. The molecule has 1 amide bonds. The molecule has 1 atom stereocenters. The van der Waals surface area contributed by atoms with Gasteiger partial charge in [-0.25, -0.2) is 0 Å². The van der Waals surface area contributed by atoms with Gasteiger partial charge < -0.3 is 14.2 Å². The summed E-state index contributed by atoms with van der Waals surface area (Å²) in [6, 6.07) is 16.5. The average molecular weight is 472 g/mol. The highest BCUT2D eigenvalue weighted by Crippen LogP contribution is 2.39. The number of likely N-dealkylation sites (N-methyl/N-ethyl adjacent to an activating group) is 1. The Morgan fingerprint density at radius 1 is 1.00 bits per heavy atom. The Hall–Kier alpha value is -4.04. The van der Waals surface area contributed by atoms with Crippen molar-refractivity contribution >= 4 is 33.3 Å². The highest BCUT2D eigenvalue weighted by Gasteiger charge is 2.43. The topological polar surface area (TPSA) is 96.9 Å². The van der Waals surface area contributed by atoms with Crippen molar-refractivity contribution < 1.29 is 14.1 Å². The molecule has 2 heterocycles. The fourth-order valence-corrected chi connectivity index (χ4v) is 4.92. The van der Waals surface area contributed by atoms with Gasteiger partial charge in [0, 0.05) is 30.6 Å². The first-order chi connectivity index (χ1) is 16.9. The first-order valence-corrected chi connectivity index (χ1v) is 11.7. The Balaban J connectivity index is 1.73. The molecule has 4 aromatic rings. The molecule has 0 bridgehead atoms. The number of amides is 1. The number of non-ortho nitro benzene ring substituents is 1. The van der Waals surface area contributed by atoms with Gasteiger partial charge in [-0.05, 0) is 30.1 Å². The Morgan fingerprint density at radius 3 is 2.51 bits per heavy atom. The van der Waals surface area contributed by atoms with E-state index in [4.69, 9.17) is 4.42 Å². The first-order valence-electron chi connectivity index (χ1n) is 11.7. The van der Waals surface area contributed by atoms with Crippen LogP contribution in [0.1, 0.15) is 41.6 Å². The SMILES string of the molecule is CCN(CC)CCN1C(=O)c2oc3c(ccc4ccccc43)c(=O)c2C1c1cccc([N+](=O)[O-])c1. The maximum atomic E-state index is 13.8. The Kier molecular flexibility index (Phi) is 5.82. The fraction of sp³-hybridized carbons (Fsp3) is 0.259. The lowest BCUT2D eigenvalue weighted by molar-refractivity contribution is -0.384.